The maximum Gasteiger partial charge on any atom is 0.224 e. The van der Waals surface area contributed by atoms with Crippen molar-refractivity contribution in [2.45, 2.75) is 51.9 Å². The first-order chi connectivity index (χ1) is 6.80. The highest BCUT2D eigenvalue weighted by Crippen LogP contribution is 2.21. The Kier molecular flexibility index (Phi) is 3.73. The van der Waals surface area contributed by atoms with E-state index in [1.54, 1.807) is 0 Å². The molecule has 2 atom stereocenters. The topological polar surface area (TPSA) is 55.6 Å². The number of nitrogens with two attached hydrogens (primary N) is 1. The van der Waals surface area contributed by atoms with E-state index < -0.39 is 0 Å². The zero-order valence-electron chi connectivity index (χ0n) is 10.1. The molecule has 4 heteroatoms. The molecular formula is C11H22N2O2. The first-order valence-electron chi connectivity index (χ1n) is 5.51. The lowest BCUT2D eigenvalue weighted by atomic mass is 10.0. The molecule has 1 amide bonds. The molecule has 0 aromatic carbocycles. The summed E-state index contributed by atoms with van der Waals surface area (Å²) >= 11 is 0. The molecule has 0 saturated carbocycles. The molecule has 4 nitrogen and oxygen atoms in total. The largest absolute Gasteiger partial charge is 0.369 e. The number of nitrogens with zero attached hydrogens (tertiary/aromatic N) is 1. The van der Waals surface area contributed by atoms with Crippen molar-refractivity contribution in [3.63, 3.8) is 0 Å². The van der Waals surface area contributed by atoms with Crippen LogP contribution in [0.3, 0.4) is 0 Å². The summed E-state index contributed by atoms with van der Waals surface area (Å²) in [4.78, 5) is 13.7. The quantitative estimate of drug-likeness (QED) is 0.738. The Morgan fingerprint density at radius 2 is 2.27 bits per heavy atom. The van der Waals surface area contributed by atoms with Crippen LogP contribution in [0.1, 0.15) is 34.1 Å². The number of carbonyl (C=O) groups excluding carboxylic acids is 1. The Morgan fingerprint density at radius 3 is 2.73 bits per heavy atom. The zero-order valence-corrected chi connectivity index (χ0v) is 10.1. The molecule has 0 spiro atoms. The average Bonchev–Trinajstić information content (AvgIpc) is 1.98. The van der Waals surface area contributed by atoms with Crippen molar-refractivity contribution in [2.75, 3.05) is 13.1 Å². The van der Waals surface area contributed by atoms with Crippen molar-refractivity contribution in [1.29, 1.82) is 0 Å². The van der Waals surface area contributed by atoms with E-state index in [2.05, 4.69) is 0 Å². The number of morpholine rings is 1. The number of ether oxygens (including phenoxy) is 1. The Morgan fingerprint density at radius 1 is 1.67 bits per heavy atom. The molecule has 1 fully saturated rings. The minimum absolute atomic E-state index is 0.0706. The van der Waals surface area contributed by atoms with E-state index in [-0.39, 0.29) is 23.7 Å². The van der Waals surface area contributed by atoms with E-state index in [0.29, 0.717) is 19.5 Å². The summed E-state index contributed by atoms with van der Waals surface area (Å²) in [7, 11) is 0. The number of amides is 1. The molecule has 88 valence electrons. The monoisotopic (exact) mass is 214 g/mol. The first-order valence-corrected chi connectivity index (χ1v) is 5.51. The van der Waals surface area contributed by atoms with Crippen LogP contribution < -0.4 is 5.73 Å². The average molecular weight is 214 g/mol. The van der Waals surface area contributed by atoms with Gasteiger partial charge >= 0.3 is 0 Å². The summed E-state index contributed by atoms with van der Waals surface area (Å²) in [6.45, 7) is 9.20. The fourth-order valence-corrected chi connectivity index (χ4v) is 2.05. The molecule has 1 heterocycles. The second-order valence-corrected chi connectivity index (χ2v) is 5.14. The Bertz CT molecular complexity index is 239. The second-order valence-electron chi connectivity index (χ2n) is 5.14. The molecule has 1 saturated heterocycles. The van der Waals surface area contributed by atoms with Crippen LogP contribution in [0.2, 0.25) is 0 Å². The van der Waals surface area contributed by atoms with Crippen LogP contribution in [-0.4, -0.2) is 41.6 Å². The van der Waals surface area contributed by atoms with Gasteiger partial charge in [0.25, 0.3) is 0 Å². The molecule has 2 N–H and O–H groups in total. The van der Waals surface area contributed by atoms with Crippen LogP contribution in [0.5, 0.6) is 0 Å². The summed E-state index contributed by atoms with van der Waals surface area (Å²) in [6, 6.07) is -0.0706. The third-order valence-electron chi connectivity index (χ3n) is 2.42. The summed E-state index contributed by atoms with van der Waals surface area (Å²) in [5.41, 5.74) is 5.38. The van der Waals surface area contributed by atoms with Gasteiger partial charge in [-0.2, -0.15) is 0 Å². The standard InChI is InChI=1S/C11H22N2O2/c1-8(12)5-10(14)13-6-9(2)15-11(3,4)7-13/h8-9H,5-7,12H2,1-4H3. The Hall–Kier alpha value is -0.610. The lowest BCUT2D eigenvalue weighted by Crippen LogP contribution is -2.54. The highest BCUT2D eigenvalue weighted by atomic mass is 16.5. The molecule has 0 radical (unpaired) electrons. The van der Waals surface area contributed by atoms with Crippen LogP contribution in [0, 0.1) is 0 Å². The van der Waals surface area contributed by atoms with Gasteiger partial charge in [0.05, 0.1) is 11.7 Å². The summed E-state index contributed by atoms with van der Waals surface area (Å²) in [6.07, 6.45) is 0.522. The lowest BCUT2D eigenvalue weighted by molar-refractivity contribution is -0.158. The van der Waals surface area contributed by atoms with Crippen molar-refractivity contribution in [3.05, 3.63) is 0 Å². The normalized spacial score (nSPS) is 27.5. The van der Waals surface area contributed by atoms with Gasteiger partial charge in [0.1, 0.15) is 0 Å². The van der Waals surface area contributed by atoms with Crippen molar-refractivity contribution in [2.24, 2.45) is 5.73 Å². The van der Waals surface area contributed by atoms with Crippen LogP contribution in [-0.2, 0) is 9.53 Å². The molecule has 15 heavy (non-hydrogen) atoms. The van der Waals surface area contributed by atoms with E-state index >= 15 is 0 Å². The van der Waals surface area contributed by atoms with Gasteiger partial charge in [-0.15, -0.1) is 0 Å². The van der Waals surface area contributed by atoms with E-state index in [1.165, 1.54) is 0 Å². The predicted octanol–water partition coefficient (Wildman–Crippen LogP) is 0.750. The van der Waals surface area contributed by atoms with Crippen molar-refractivity contribution >= 4 is 5.91 Å². The summed E-state index contributed by atoms with van der Waals surface area (Å²) in [5, 5.41) is 0. The van der Waals surface area contributed by atoms with Gasteiger partial charge in [-0.1, -0.05) is 0 Å². The fraction of sp³-hybridized carbons (Fsp3) is 0.909. The fourth-order valence-electron chi connectivity index (χ4n) is 2.05. The highest BCUT2D eigenvalue weighted by Gasteiger charge is 2.33. The van der Waals surface area contributed by atoms with Crippen LogP contribution >= 0.6 is 0 Å². The first kappa shape index (κ1) is 12.5. The Labute approximate surface area is 91.8 Å². The van der Waals surface area contributed by atoms with Crippen LogP contribution in [0.4, 0.5) is 0 Å². The van der Waals surface area contributed by atoms with E-state index in [4.69, 9.17) is 10.5 Å². The van der Waals surface area contributed by atoms with Crippen LogP contribution in [0.25, 0.3) is 0 Å². The SMILES string of the molecule is CC(N)CC(=O)N1CC(C)OC(C)(C)C1. The molecule has 1 rings (SSSR count). The van der Waals surface area contributed by atoms with E-state index in [0.717, 1.165) is 0 Å². The second kappa shape index (κ2) is 4.49. The van der Waals surface area contributed by atoms with Gasteiger partial charge in [-0.3, -0.25) is 4.79 Å². The molecular weight excluding hydrogens is 192 g/mol. The molecule has 0 aromatic rings. The number of carbonyl (C=O) groups is 1. The molecule has 0 aromatic heterocycles. The van der Waals surface area contributed by atoms with E-state index in [1.807, 2.05) is 32.6 Å². The molecule has 1 aliphatic rings. The van der Waals surface area contributed by atoms with Crippen molar-refractivity contribution in [1.82, 2.24) is 4.90 Å². The highest BCUT2D eigenvalue weighted by molar-refractivity contribution is 5.77. The van der Waals surface area contributed by atoms with Gasteiger partial charge in [0.15, 0.2) is 0 Å². The van der Waals surface area contributed by atoms with Gasteiger partial charge in [-0.05, 0) is 27.7 Å². The van der Waals surface area contributed by atoms with Crippen molar-refractivity contribution < 1.29 is 9.53 Å². The minimum Gasteiger partial charge on any atom is -0.369 e. The smallest absolute Gasteiger partial charge is 0.224 e. The number of rotatable bonds is 2. The van der Waals surface area contributed by atoms with E-state index in [9.17, 15) is 4.79 Å². The maximum absolute atomic E-state index is 11.8. The maximum atomic E-state index is 11.8. The number of hydrogen-bond acceptors (Lipinski definition) is 3. The summed E-state index contributed by atoms with van der Waals surface area (Å²) < 4.78 is 5.73. The van der Waals surface area contributed by atoms with Gasteiger partial charge in [-0.25, -0.2) is 0 Å². The third-order valence-corrected chi connectivity index (χ3v) is 2.42. The molecule has 0 bridgehead atoms. The van der Waals surface area contributed by atoms with Crippen molar-refractivity contribution in [3.8, 4) is 0 Å². The number of hydrogen-bond donors (Lipinski definition) is 1. The predicted molar refractivity (Wildman–Crippen MR) is 59.5 cm³/mol. The lowest BCUT2D eigenvalue weighted by Gasteiger charge is -2.42. The third kappa shape index (κ3) is 3.80. The van der Waals surface area contributed by atoms with Gasteiger partial charge < -0.3 is 15.4 Å². The van der Waals surface area contributed by atoms with Gasteiger partial charge in [0.2, 0.25) is 5.91 Å². The molecule has 1 aliphatic heterocycles. The molecule has 0 aliphatic carbocycles. The van der Waals surface area contributed by atoms with Crippen LogP contribution in [0.15, 0.2) is 0 Å². The van der Waals surface area contributed by atoms with Gasteiger partial charge in [0, 0.05) is 25.6 Å². The Balaban J connectivity index is 2.58. The minimum atomic E-state index is -0.245. The summed E-state index contributed by atoms with van der Waals surface area (Å²) in [5.74, 6) is 0.133. The zero-order chi connectivity index (χ0) is 11.6. The molecule has 2 unspecified atom stereocenters.